The molecule has 108 valence electrons. The van der Waals surface area contributed by atoms with Crippen molar-refractivity contribution in [3.8, 4) is 5.75 Å². The first kappa shape index (κ1) is 16.0. The molecule has 0 saturated heterocycles. The Hall–Kier alpha value is -1.06. The van der Waals surface area contributed by atoms with E-state index in [1.807, 2.05) is 12.1 Å². The predicted octanol–water partition coefficient (Wildman–Crippen LogP) is 3.89. The van der Waals surface area contributed by atoms with Crippen LogP contribution in [0.15, 0.2) is 24.3 Å². The van der Waals surface area contributed by atoms with Crippen molar-refractivity contribution in [3.05, 3.63) is 29.8 Å². The quantitative estimate of drug-likeness (QED) is 0.515. The lowest BCUT2D eigenvalue weighted by molar-refractivity contribution is -0.144. The second-order valence-electron chi connectivity index (χ2n) is 4.70. The highest BCUT2D eigenvalue weighted by molar-refractivity contribution is 5.25. The summed E-state index contributed by atoms with van der Waals surface area (Å²) in [6.07, 6.45) is 5.03. The van der Waals surface area contributed by atoms with Gasteiger partial charge < -0.3 is 14.6 Å². The van der Waals surface area contributed by atoms with Crippen LogP contribution in [-0.2, 0) is 15.9 Å². The molecule has 19 heavy (non-hydrogen) atoms. The summed E-state index contributed by atoms with van der Waals surface area (Å²) >= 11 is 0. The fraction of sp³-hybridized carbons (Fsp3) is 0.625. The third-order valence-corrected chi connectivity index (χ3v) is 2.94. The van der Waals surface area contributed by atoms with Crippen molar-refractivity contribution in [3.63, 3.8) is 0 Å². The number of aryl methyl sites for hydroxylation is 1. The lowest BCUT2D eigenvalue weighted by Gasteiger charge is -2.16. The SMILES string of the molecule is CCCOC(CC)OCCCCc1ccc(O)cc1. The van der Waals surface area contributed by atoms with Gasteiger partial charge in [-0.15, -0.1) is 0 Å². The van der Waals surface area contributed by atoms with Gasteiger partial charge in [-0.25, -0.2) is 0 Å². The van der Waals surface area contributed by atoms with Gasteiger partial charge in [0.25, 0.3) is 0 Å². The van der Waals surface area contributed by atoms with Crippen LogP contribution in [-0.4, -0.2) is 24.6 Å². The zero-order valence-corrected chi connectivity index (χ0v) is 12.1. The van der Waals surface area contributed by atoms with E-state index in [0.29, 0.717) is 5.75 Å². The van der Waals surface area contributed by atoms with Gasteiger partial charge in [0.05, 0.1) is 0 Å². The van der Waals surface area contributed by atoms with E-state index in [2.05, 4.69) is 13.8 Å². The van der Waals surface area contributed by atoms with Crippen LogP contribution < -0.4 is 0 Å². The van der Waals surface area contributed by atoms with Gasteiger partial charge in [0.2, 0.25) is 0 Å². The summed E-state index contributed by atoms with van der Waals surface area (Å²) in [4.78, 5) is 0. The molecule has 1 unspecified atom stereocenters. The van der Waals surface area contributed by atoms with Crippen LogP contribution in [0.3, 0.4) is 0 Å². The maximum absolute atomic E-state index is 9.19. The van der Waals surface area contributed by atoms with Gasteiger partial charge in [-0.2, -0.15) is 0 Å². The number of ether oxygens (including phenoxy) is 2. The van der Waals surface area contributed by atoms with Gasteiger partial charge in [-0.1, -0.05) is 26.0 Å². The molecule has 1 aromatic rings. The Balaban J connectivity index is 2.08. The lowest BCUT2D eigenvalue weighted by Crippen LogP contribution is -2.17. The van der Waals surface area contributed by atoms with Crippen LogP contribution in [0.1, 0.15) is 45.1 Å². The molecular formula is C16H26O3. The zero-order chi connectivity index (χ0) is 13.9. The van der Waals surface area contributed by atoms with Crippen LogP contribution in [0.4, 0.5) is 0 Å². The fourth-order valence-corrected chi connectivity index (χ4v) is 1.84. The van der Waals surface area contributed by atoms with Gasteiger partial charge in [0.15, 0.2) is 6.29 Å². The highest BCUT2D eigenvalue weighted by Crippen LogP contribution is 2.12. The maximum Gasteiger partial charge on any atom is 0.157 e. The van der Waals surface area contributed by atoms with Crippen molar-refractivity contribution >= 4 is 0 Å². The molecule has 1 N–H and O–H groups in total. The molecule has 0 spiro atoms. The average Bonchev–Trinajstić information content (AvgIpc) is 2.44. The Bertz CT molecular complexity index is 321. The van der Waals surface area contributed by atoms with E-state index in [4.69, 9.17) is 9.47 Å². The molecule has 0 fully saturated rings. The first-order chi connectivity index (χ1) is 9.26. The van der Waals surface area contributed by atoms with Gasteiger partial charge in [-0.3, -0.25) is 0 Å². The van der Waals surface area contributed by atoms with E-state index in [9.17, 15) is 5.11 Å². The number of benzene rings is 1. The smallest absolute Gasteiger partial charge is 0.157 e. The largest absolute Gasteiger partial charge is 0.508 e. The molecule has 0 amide bonds. The molecule has 0 saturated carbocycles. The van der Waals surface area contributed by atoms with E-state index in [1.165, 1.54) is 5.56 Å². The van der Waals surface area contributed by atoms with Crippen molar-refractivity contribution in [2.24, 2.45) is 0 Å². The van der Waals surface area contributed by atoms with Crippen LogP contribution in [0, 0.1) is 0 Å². The number of rotatable bonds is 10. The Morgan fingerprint density at radius 2 is 1.68 bits per heavy atom. The molecule has 1 atom stereocenters. The minimum absolute atomic E-state index is 0.0476. The fourth-order valence-electron chi connectivity index (χ4n) is 1.84. The maximum atomic E-state index is 9.19. The summed E-state index contributed by atoms with van der Waals surface area (Å²) < 4.78 is 11.3. The Morgan fingerprint density at radius 1 is 1.00 bits per heavy atom. The topological polar surface area (TPSA) is 38.7 Å². The summed E-state index contributed by atoms with van der Waals surface area (Å²) in [6.45, 7) is 5.70. The van der Waals surface area contributed by atoms with Crippen LogP contribution in [0.25, 0.3) is 0 Å². The summed E-state index contributed by atoms with van der Waals surface area (Å²) in [5.41, 5.74) is 1.26. The normalized spacial score (nSPS) is 12.5. The van der Waals surface area contributed by atoms with E-state index in [0.717, 1.165) is 45.3 Å². The van der Waals surface area contributed by atoms with E-state index in [1.54, 1.807) is 12.1 Å². The summed E-state index contributed by atoms with van der Waals surface area (Å²) in [7, 11) is 0. The number of phenolic OH excluding ortho intramolecular Hbond substituents is 1. The van der Waals surface area contributed by atoms with E-state index >= 15 is 0 Å². The molecule has 0 radical (unpaired) electrons. The second-order valence-corrected chi connectivity index (χ2v) is 4.70. The van der Waals surface area contributed by atoms with Crippen molar-refractivity contribution < 1.29 is 14.6 Å². The van der Waals surface area contributed by atoms with Crippen LogP contribution in [0.2, 0.25) is 0 Å². The number of hydrogen-bond acceptors (Lipinski definition) is 3. The monoisotopic (exact) mass is 266 g/mol. The van der Waals surface area contributed by atoms with Crippen molar-refractivity contribution in [2.45, 2.75) is 52.2 Å². The first-order valence-corrected chi connectivity index (χ1v) is 7.27. The molecule has 1 aromatic carbocycles. The molecule has 0 aliphatic heterocycles. The highest BCUT2D eigenvalue weighted by atomic mass is 16.7. The van der Waals surface area contributed by atoms with Crippen molar-refractivity contribution in [1.29, 1.82) is 0 Å². The third kappa shape index (κ3) is 7.19. The van der Waals surface area contributed by atoms with Gasteiger partial charge in [0.1, 0.15) is 5.75 Å². The lowest BCUT2D eigenvalue weighted by atomic mass is 10.1. The van der Waals surface area contributed by atoms with Gasteiger partial charge in [0, 0.05) is 13.2 Å². The molecule has 0 heterocycles. The Morgan fingerprint density at radius 3 is 2.32 bits per heavy atom. The number of unbranched alkanes of at least 4 members (excludes halogenated alkanes) is 1. The molecule has 0 aliphatic rings. The van der Waals surface area contributed by atoms with E-state index in [-0.39, 0.29) is 6.29 Å². The number of aromatic hydroxyl groups is 1. The minimum atomic E-state index is -0.0476. The molecular weight excluding hydrogens is 240 g/mol. The summed E-state index contributed by atoms with van der Waals surface area (Å²) in [5.74, 6) is 0.325. The average molecular weight is 266 g/mol. The van der Waals surface area contributed by atoms with Crippen LogP contribution >= 0.6 is 0 Å². The number of hydrogen-bond donors (Lipinski definition) is 1. The molecule has 3 heteroatoms. The molecule has 1 rings (SSSR count). The molecule has 0 aliphatic carbocycles. The van der Waals surface area contributed by atoms with Gasteiger partial charge in [-0.05, 0) is 49.8 Å². The Kier molecular flexibility index (Phi) is 8.26. The molecule has 3 nitrogen and oxygen atoms in total. The van der Waals surface area contributed by atoms with Gasteiger partial charge >= 0.3 is 0 Å². The first-order valence-electron chi connectivity index (χ1n) is 7.27. The summed E-state index contributed by atoms with van der Waals surface area (Å²) in [6, 6.07) is 7.40. The number of phenols is 1. The molecule has 0 aromatic heterocycles. The van der Waals surface area contributed by atoms with Crippen molar-refractivity contribution in [2.75, 3.05) is 13.2 Å². The molecule has 0 bridgehead atoms. The predicted molar refractivity (Wildman–Crippen MR) is 77.3 cm³/mol. The third-order valence-electron chi connectivity index (χ3n) is 2.94. The second kappa shape index (κ2) is 9.82. The minimum Gasteiger partial charge on any atom is -0.508 e. The standard InChI is InChI=1S/C16H26O3/c1-3-12-18-16(4-2)19-13-6-5-7-14-8-10-15(17)11-9-14/h8-11,16-17H,3-7,12-13H2,1-2H3. The highest BCUT2D eigenvalue weighted by Gasteiger charge is 2.05. The Labute approximate surface area is 116 Å². The summed E-state index contributed by atoms with van der Waals surface area (Å²) in [5, 5.41) is 9.19. The van der Waals surface area contributed by atoms with Crippen molar-refractivity contribution in [1.82, 2.24) is 0 Å². The van der Waals surface area contributed by atoms with Crippen LogP contribution in [0.5, 0.6) is 5.75 Å². The van der Waals surface area contributed by atoms with E-state index < -0.39 is 0 Å². The zero-order valence-electron chi connectivity index (χ0n) is 12.1.